The minimum absolute atomic E-state index is 0.491. The summed E-state index contributed by atoms with van der Waals surface area (Å²) in [5.74, 6) is 0.635. The number of nitrogens with zero attached hydrogens (tertiary/aromatic N) is 1. The number of hydrogen-bond acceptors (Lipinski definition) is 2. The number of rotatable bonds is 2. The van der Waals surface area contributed by atoms with Gasteiger partial charge in [-0.25, -0.2) is 0 Å². The van der Waals surface area contributed by atoms with Crippen LogP contribution in [0.25, 0.3) is 0 Å². The molecule has 1 saturated heterocycles. The molecule has 2 aliphatic rings. The van der Waals surface area contributed by atoms with Crippen LogP contribution in [0.4, 0.5) is 0 Å². The van der Waals surface area contributed by atoms with Crippen molar-refractivity contribution in [1.29, 1.82) is 0 Å². The zero-order chi connectivity index (χ0) is 12.6. The van der Waals surface area contributed by atoms with Crippen molar-refractivity contribution in [2.45, 2.75) is 43.6 Å². The molecule has 3 rings (SSSR count). The summed E-state index contributed by atoms with van der Waals surface area (Å²) in [4.78, 5) is 2.43. The average Bonchev–Trinajstić information content (AvgIpc) is 3.15. The van der Waals surface area contributed by atoms with E-state index < -0.39 is 5.60 Å². The lowest BCUT2D eigenvalue weighted by atomic mass is 9.86. The van der Waals surface area contributed by atoms with Crippen LogP contribution in [-0.4, -0.2) is 30.1 Å². The third-order valence-corrected chi connectivity index (χ3v) is 4.58. The van der Waals surface area contributed by atoms with Crippen molar-refractivity contribution in [2.24, 2.45) is 0 Å². The van der Waals surface area contributed by atoms with Crippen LogP contribution in [0.1, 0.15) is 49.1 Å². The van der Waals surface area contributed by atoms with Crippen LogP contribution in [0.3, 0.4) is 0 Å². The number of benzene rings is 1. The maximum Gasteiger partial charge on any atom is 0.0901 e. The van der Waals surface area contributed by atoms with Crippen molar-refractivity contribution in [3.63, 3.8) is 0 Å². The largest absolute Gasteiger partial charge is 0.385 e. The lowest BCUT2D eigenvalue weighted by molar-refractivity contribution is 0.149. The molecule has 1 N–H and O–H groups in total. The summed E-state index contributed by atoms with van der Waals surface area (Å²) < 4.78 is 0. The standard InChI is InChI=1S/C16H23NO/c1-17-11-4-5-13(8-12-17)14-6-2-3-7-15(14)16(18)9-10-16/h2-3,6-7,13,18H,4-5,8-12H2,1H3. The highest BCUT2D eigenvalue weighted by atomic mass is 16.3. The van der Waals surface area contributed by atoms with Gasteiger partial charge < -0.3 is 10.0 Å². The van der Waals surface area contributed by atoms with Crippen molar-refractivity contribution in [1.82, 2.24) is 4.90 Å². The van der Waals surface area contributed by atoms with Gasteiger partial charge in [-0.3, -0.25) is 0 Å². The van der Waals surface area contributed by atoms with Crippen LogP contribution < -0.4 is 0 Å². The number of hydrogen-bond donors (Lipinski definition) is 1. The highest BCUT2D eigenvalue weighted by Crippen LogP contribution is 2.48. The Labute approximate surface area is 110 Å². The molecule has 1 atom stereocenters. The van der Waals surface area contributed by atoms with E-state index in [9.17, 15) is 5.11 Å². The predicted molar refractivity (Wildman–Crippen MR) is 73.7 cm³/mol. The highest BCUT2D eigenvalue weighted by Gasteiger charge is 2.44. The Kier molecular flexibility index (Phi) is 3.16. The van der Waals surface area contributed by atoms with Crippen LogP contribution in [0.5, 0.6) is 0 Å². The van der Waals surface area contributed by atoms with Gasteiger partial charge in [0.2, 0.25) is 0 Å². The quantitative estimate of drug-likeness (QED) is 0.866. The van der Waals surface area contributed by atoms with Crippen LogP contribution in [0.15, 0.2) is 24.3 Å². The molecule has 1 aromatic rings. The van der Waals surface area contributed by atoms with E-state index in [4.69, 9.17) is 0 Å². The Balaban J connectivity index is 1.87. The van der Waals surface area contributed by atoms with Crippen molar-refractivity contribution < 1.29 is 5.11 Å². The Morgan fingerprint density at radius 2 is 1.94 bits per heavy atom. The summed E-state index contributed by atoms with van der Waals surface area (Å²) in [5.41, 5.74) is 2.13. The van der Waals surface area contributed by atoms with E-state index in [2.05, 4.69) is 36.2 Å². The van der Waals surface area contributed by atoms with E-state index in [1.165, 1.54) is 43.5 Å². The fraction of sp³-hybridized carbons (Fsp3) is 0.625. The second kappa shape index (κ2) is 4.67. The molecule has 0 aromatic heterocycles. The maximum atomic E-state index is 10.4. The molecule has 98 valence electrons. The van der Waals surface area contributed by atoms with Crippen molar-refractivity contribution in [3.05, 3.63) is 35.4 Å². The molecule has 0 radical (unpaired) electrons. The first-order valence-electron chi connectivity index (χ1n) is 7.19. The fourth-order valence-electron chi connectivity index (χ4n) is 3.22. The molecule has 1 heterocycles. The molecule has 2 heteroatoms. The van der Waals surface area contributed by atoms with Crippen LogP contribution in [-0.2, 0) is 5.60 Å². The van der Waals surface area contributed by atoms with E-state index >= 15 is 0 Å². The smallest absolute Gasteiger partial charge is 0.0901 e. The summed E-state index contributed by atoms with van der Waals surface area (Å²) in [6.07, 6.45) is 5.64. The van der Waals surface area contributed by atoms with Crippen LogP contribution >= 0.6 is 0 Å². The SMILES string of the molecule is CN1CCCC(c2ccccc2C2(O)CC2)CC1. The Morgan fingerprint density at radius 1 is 1.17 bits per heavy atom. The average molecular weight is 245 g/mol. The second-order valence-electron chi connectivity index (χ2n) is 6.05. The topological polar surface area (TPSA) is 23.5 Å². The second-order valence-corrected chi connectivity index (χ2v) is 6.05. The molecule has 1 unspecified atom stereocenters. The van der Waals surface area contributed by atoms with E-state index in [0.717, 1.165) is 12.8 Å². The Morgan fingerprint density at radius 3 is 2.72 bits per heavy atom. The third-order valence-electron chi connectivity index (χ3n) is 4.58. The van der Waals surface area contributed by atoms with Gasteiger partial charge in [0.1, 0.15) is 0 Å². The molecular formula is C16H23NO. The first kappa shape index (κ1) is 12.2. The molecule has 2 fully saturated rings. The molecule has 0 spiro atoms. The van der Waals surface area contributed by atoms with Gasteiger partial charge in [0.25, 0.3) is 0 Å². The van der Waals surface area contributed by atoms with Crippen molar-refractivity contribution >= 4 is 0 Å². The lowest BCUT2D eigenvalue weighted by Crippen LogP contribution is -2.19. The summed E-state index contributed by atoms with van der Waals surface area (Å²) in [6, 6.07) is 8.57. The molecule has 1 saturated carbocycles. The first-order chi connectivity index (χ1) is 8.69. The van der Waals surface area contributed by atoms with E-state index in [1.54, 1.807) is 0 Å². The zero-order valence-corrected chi connectivity index (χ0v) is 11.2. The van der Waals surface area contributed by atoms with E-state index in [-0.39, 0.29) is 0 Å². The van der Waals surface area contributed by atoms with Gasteiger partial charge in [-0.2, -0.15) is 0 Å². The monoisotopic (exact) mass is 245 g/mol. The summed E-state index contributed by atoms with van der Waals surface area (Å²) in [7, 11) is 2.21. The predicted octanol–water partition coefficient (Wildman–Crippen LogP) is 2.87. The van der Waals surface area contributed by atoms with Crippen molar-refractivity contribution in [2.75, 3.05) is 20.1 Å². The fourth-order valence-corrected chi connectivity index (χ4v) is 3.22. The molecule has 0 bridgehead atoms. The lowest BCUT2D eigenvalue weighted by Gasteiger charge is -2.21. The molecule has 1 aromatic carbocycles. The summed E-state index contributed by atoms with van der Waals surface area (Å²) in [6.45, 7) is 2.39. The zero-order valence-electron chi connectivity index (χ0n) is 11.2. The normalized spacial score (nSPS) is 27.8. The first-order valence-corrected chi connectivity index (χ1v) is 7.19. The summed E-state index contributed by atoms with van der Waals surface area (Å²) in [5, 5.41) is 10.4. The summed E-state index contributed by atoms with van der Waals surface area (Å²) >= 11 is 0. The number of aliphatic hydroxyl groups is 1. The molecule has 1 aliphatic heterocycles. The molecule has 2 nitrogen and oxygen atoms in total. The maximum absolute atomic E-state index is 10.4. The van der Waals surface area contributed by atoms with Crippen LogP contribution in [0.2, 0.25) is 0 Å². The third kappa shape index (κ3) is 2.32. The Hall–Kier alpha value is -0.860. The van der Waals surface area contributed by atoms with Crippen LogP contribution in [0, 0.1) is 0 Å². The number of likely N-dealkylation sites (tertiary alicyclic amines) is 1. The van der Waals surface area contributed by atoms with Crippen molar-refractivity contribution in [3.8, 4) is 0 Å². The van der Waals surface area contributed by atoms with Gasteiger partial charge >= 0.3 is 0 Å². The highest BCUT2D eigenvalue weighted by molar-refractivity contribution is 5.38. The van der Waals surface area contributed by atoms with Gasteiger partial charge in [-0.1, -0.05) is 24.3 Å². The van der Waals surface area contributed by atoms with Gasteiger partial charge in [-0.15, -0.1) is 0 Å². The molecule has 18 heavy (non-hydrogen) atoms. The molecule has 1 aliphatic carbocycles. The van der Waals surface area contributed by atoms with Gasteiger partial charge in [0.15, 0.2) is 0 Å². The van der Waals surface area contributed by atoms with E-state index in [0.29, 0.717) is 5.92 Å². The molecule has 0 amide bonds. The minimum Gasteiger partial charge on any atom is -0.385 e. The van der Waals surface area contributed by atoms with E-state index in [1.807, 2.05) is 0 Å². The molecular weight excluding hydrogens is 222 g/mol. The van der Waals surface area contributed by atoms with Gasteiger partial charge in [0, 0.05) is 0 Å². The van der Waals surface area contributed by atoms with Gasteiger partial charge in [0.05, 0.1) is 5.60 Å². The minimum atomic E-state index is -0.491. The Bertz CT molecular complexity index is 425. The van der Waals surface area contributed by atoms with Gasteiger partial charge in [-0.05, 0) is 69.3 Å².